The molecule has 30 valence electrons. The monoisotopic (exact) mass is 98.0 g/mol. The van der Waals surface area contributed by atoms with Crippen molar-refractivity contribution in [3.63, 3.8) is 0 Å². The molecule has 0 amide bonds. The predicted molar refractivity (Wildman–Crippen MR) is 25.8 cm³/mol. The molecule has 0 aromatic carbocycles. The van der Waals surface area contributed by atoms with E-state index < -0.39 is 0 Å². The molecule has 1 aliphatic heterocycles. The predicted octanol–water partition coefficient (Wildman–Crippen LogP) is 1.19. The maximum atomic E-state index is 4.06. The van der Waals surface area contributed by atoms with E-state index in [1.807, 2.05) is 6.20 Å². The summed E-state index contributed by atoms with van der Waals surface area (Å²) in [7, 11) is 0.563. The smallest absolute Gasteiger partial charge is 0.201 e. The van der Waals surface area contributed by atoms with Crippen LogP contribution in [0.4, 0.5) is 0 Å². The van der Waals surface area contributed by atoms with Crippen LogP contribution in [0.25, 0.3) is 0 Å². The average molecular weight is 98.2 g/mol. The van der Waals surface area contributed by atoms with Gasteiger partial charge in [0.1, 0.15) is 0 Å². The van der Waals surface area contributed by atoms with Crippen molar-refractivity contribution in [2.45, 2.75) is 5.75 Å². The summed E-state index contributed by atoms with van der Waals surface area (Å²) in [5.41, 5.74) is 0. The fourth-order valence-electron chi connectivity index (χ4n) is 0.522. The maximum Gasteiger partial charge on any atom is 0.297 e. The molecule has 2 rings (SSSR count). The minimum absolute atomic E-state index is 0.563. The Hall–Kier alpha value is -0.370. The molecular formula is C4H4NS+. The van der Waals surface area contributed by atoms with E-state index in [9.17, 15) is 0 Å². The minimum Gasteiger partial charge on any atom is -0.201 e. The quantitative estimate of drug-likeness (QED) is 0.451. The van der Waals surface area contributed by atoms with E-state index in [1.54, 1.807) is 0 Å². The molecule has 0 radical (unpaired) electrons. The zero-order chi connectivity index (χ0) is 3.98. The van der Waals surface area contributed by atoms with Gasteiger partial charge >= 0.3 is 0 Å². The molecule has 0 bridgehead atoms. The van der Waals surface area contributed by atoms with Crippen LogP contribution in [0.5, 0.6) is 0 Å². The van der Waals surface area contributed by atoms with Gasteiger partial charge in [-0.3, -0.25) is 0 Å². The lowest BCUT2D eigenvalue weighted by molar-refractivity contribution is 1.31. The van der Waals surface area contributed by atoms with Crippen LogP contribution in [-0.4, -0.2) is 4.98 Å². The molecule has 0 spiro atoms. The number of aromatic nitrogens is 1. The third kappa shape index (κ3) is 0.186. The fourth-order valence-corrected chi connectivity index (χ4v) is 1.67. The Morgan fingerprint density at radius 3 is 3.00 bits per heavy atom. The molecule has 1 atom stereocenters. The standard InChI is InChI=1S/C4H4NS/c1-2-6-3-4(6)5-1/h1-2H,3H2/q+1. The Morgan fingerprint density at radius 1 is 1.83 bits per heavy atom. The van der Waals surface area contributed by atoms with Gasteiger partial charge in [-0.05, 0) is 0 Å². The van der Waals surface area contributed by atoms with Gasteiger partial charge < -0.3 is 0 Å². The highest BCUT2D eigenvalue weighted by molar-refractivity contribution is 7.37. The van der Waals surface area contributed by atoms with Gasteiger partial charge in [-0.15, -0.1) is 0 Å². The summed E-state index contributed by atoms with van der Waals surface area (Å²) >= 11 is 0. The normalized spacial score (nSPS) is 17.0. The molecule has 1 aromatic heterocycles. The van der Waals surface area contributed by atoms with Gasteiger partial charge in [0.2, 0.25) is 5.75 Å². The van der Waals surface area contributed by atoms with Gasteiger partial charge in [-0.25, -0.2) is 4.98 Å². The number of hydrogen-bond donors (Lipinski definition) is 0. The Labute approximate surface area is 38.6 Å². The summed E-state index contributed by atoms with van der Waals surface area (Å²) in [6.07, 6.45) is 1.90. The molecule has 0 N–H and O–H groups in total. The van der Waals surface area contributed by atoms with E-state index in [0.29, 0.717) is 10.5 Å². The Bertz CT molecular complexity index is 151. The van der Waals surface area contributed by atoms with Gasteiger partial charge in [0, 0.05) is 10.5 Å². The highest BCUT2D eigenvalue weighted by Crippen LogP contribution is 2.40. The molecule has 1 nitrogen and oxygen atoms in total. The average Bonchev–Trinajstić information content (AvgIpc) is 2.17. The maximum absolute atomic E-state index is 4.06. The van der Waals surface area contributed by atoms with E-state index in [1.165, 1.54) is 10.8 Å². The summed E-state index contributed by atoms with van der Waals surface area (Å²) in [5, 5.41) is 3.59. The zero-order valence-electron chi connectivity index (χ0n) is 3.22. The number of thiazole rings is 1. The van der Waals surface area contributed by atoms with Gasteiger partial charge in [0.05, 0.1) is 6.20 Å². The summed E-state index contributed by atoms with van der Waals surface area (Å²) in [5.74, 6) is 1.27. The molecule has 1 aromatic rings. The van der Waals surface area contributed by atoms with Crippen molar-refractivity contribution in [2.24, 2.45) is 0 Å². The molecule has 6 heavy (non-hydrogen) atoms. The van der Waals surface area contributed by atoms with Crippen molar-refractivity contribution >= 4 is 10.5 Å². The van der Waals surface area contributed by atoms with Crippen molar-refractivity contribution in [2.75, 3.05) is 0 Å². The molecule has 1 unspecified atom stereocenters. The topological polar surface area (TPSA) is 12.9 Å². The molecule has 0 fully saturated rings. The lowest BCUT2D eigenvalue weighted by Gasteiger charge is -1.45. The lowest BCUT2D eigenvalue weighted by Crippen LogP contribution is -1.53. The summed E-state index contributed by atoms with van der Waals surface area (Å²) in [4.78, 5) is 4.06. The zero-order valence-corrected chi connectivity index (χ0v) is 4.03. The Kier molecular flexibility index (Phi) is 0.301. The molecule has 0 saturated heterocycles. The minimum atomic E-state index is 0.563. The number of nitrogens with zero attached hydrogens (tertiary/aromatic N) is 1. The highest BCUT2D eigenvalue weighted by Gasteiger charge is 2.32. The van der Waals surface area contributed by atoms with E-state index in [2.05, 4.69) is 10.4 Å². The molecule has 2 heteroatoms. The first-order valence-electron chi connectivity index (χ1n) is 1.90. The van der Waals surface area contributed by atoms with Crippen LogP contribution < -0.4 is 0 Å². The van der Waals surface area contributed by atoms with Crippen molar-refractivity contribution < 1.29 is 0 Å². The molecule has 2 heterocycles. The van der Waals surface area contributed by atoms with Crippen LogP contribution in [0.2, 0.25) is 0 Å². The molecule has 0 saturated carbocycles. The highest BCUT2D eigenvalue weighted by atomic mass is 32.2. The van der Waals surface area contributed by atoms with Crippen LogP contribution in [0, 0.1) is 0 Å². The van der Waals surface area contributed by atoms with Crippen LogP contribution in [0.15, 0.2) is 11.6 Å². The first-order chi connectivity index (χ1) is 2.97. The number of fused-ring (bicyclic) bond motifs is 1. The van der Waals surface area contributed by atoms with Crippen molar-refractivity contribution in [1.29, 1.82) is 0 Å². The van der Waals surface area contributed by atoms with E-state index in [4.69, 9.17) is 0 Å². The first-order valence-corrected chi connectivity index (χ1v) is 3.35. The second-order valence-electron chi connectivity index (χ2n) is 1.38. The molecular weight excluding hydrogens is 94.1 g/mol. The summed E-state index contributed by atoms with van der Waals surface area (Å²) in [6, 6.07) is 0. The number of hydrogen-bond acceptors (Lipinski definition) is 1. The van der Waals surface area contributed by atoms with Crippen molar-refractivity contribution in [3.8, 4) is 0 Å². The third-order valence-electron chi connectivity index (χ3n) is 0.936. The molecule has 1 aliphatic rings. The summed E-state index contributed by atoms with van der Waals surface area (Å²) < 4.78 is 0. The SMILES string of the molecule is c1c[s+]2c(n1)C2. The summed E-state index contributed by atoms with van der Waals surface area (Å²) in [6.45, 7) is 0. The fraction of sp³-hybridized carbons (Fsp3) is 0.250. The second-order valence-corrected chi connectivity index (χ2v) is 3.27. The van der Waals surface area contributed by atoms with Crippen molar-refractivity contribution in [1.82, 2.24) is 4.98 Å². The van der Waals surface area contributed by atoms with Gasteiger partial charge in [0.25, 0.3) is 5.01 Å². The molecule has 0 aliphatic carbocycles. The largest absolute Gasteiger partial charge is 0.297 e. The Balaban J connectivity index is 2.88. The van der Waals surface area contributed by atoms with Gasteiger partial charge in [0.15, 0.2) is 5.38 Å². The van der Waals surface area contributed by atoms with Crippen LogP contribution in [0.1, 0.15) is 5.01 Å². The van der Waals surface area contributed by atoms with Gasteiger partial charge in [-0.2, -0.15) is 0 Å². The second kappa shape index (κ2) is 0.658. The van der Waals surface area contributed by atoms with E-state index >= 15 is 0 Å². The Morgan fingerprint density at radius 2 is 2.83 bits per heavy atom. The van der Waals surface area contributed by atoms with Crippen molar-refractivity contribution in [3.05, 3.63) is 16.6 Å². The van der Waals surface area contributed by atoms with Gasteiger partial charge in [-0.1, -0.05) is 0 Å². The lowest BCUT2D eigenvalue weighted by atomic mass is 10.8. The van der Waals surface area contributed by atoms with Crippen LogP contribution in [0.3, 0.4) is 0 Å². The third-order valence-corrected chi connectivity index (χ3v) is 2.48. The number of rotatable bonds is 0. The van der Waals surface area contributed by atoms with E-state index in [0.717, 1.165) is 0 Å². The van der Waals surface area contributed by atoms with Crippen LogP contribution >= 0.6 is 10.5 Å². The van der Waals surface area contributed by atoms with Crippen LogP contribution in [-0.2, 0) is 5.75 Å². The van der Waals surface area contributed by atoms with E-state index in [-0.39, 0.29) is 0 Å². The first kappa shape index (κ1) is 2.75.